The number of carbonyl (C=O) groups excluding carboxylic acids is 2. The van der Waals surface area contributed by atoms with Crippen LogP contribution in [0, 0.1) is 0 Å². The molecule has 0 saturated carbocycles. The Morgan fingerprint density at radius 1 is 0.529 bits per heavy atom. The van der Waals surface area contributed by atoms with E-state index in [1.54, 1.807) is 12.1 Å². The van der Waals surface area contributed by atoms with Gasteiger partial charge in [0.15, 0.2) is 11.6 Å². The molecule has 0 spiro atoms. The van der Waals surface area contributed by atoms with Crippen molar-refractivity contribution in [3.63, 3.8) is 0 Å². The molecule has 34 heavy (non-hydrogen) atoms. The van der Waals surface area contributed by atoms with Crippen molar-refractivity contribution in [1.29, 1.82) is 0 Å². The normalized spacial score (nSPS) is 18.2. The van der Waals surface area contributed by atoms with E-state index in [1.807, 2.05) is 60.7 Å². The molecule has 0 unspecified atom stereocenters. The first-order valence-corrected chi connectivity index (χ1v) is 12.0. The highest BCUT2D eigenvalue weighted by molar-refractivity contribution is 6.31. The zero-order chi connectivity index (χ0) is 23.7. The second-order valence-corrected chi connectivity index (χ2v) is 9.52. The first-order valence-electron chi connectivity index (χ1n) is 11.3. The van der Waals surface area contributed by atoms with Crippen molar-refractivity contribution in [2.75, 3.05) is 0 Å². The number of rotatable bonds is 2. The van der Waals surface area contributed by atoms with Crippen LogP contribution < -0.4 is 0 Å². The van der Waals surface area contributed by atoms with Crippen LogP contribution in [0.25, 0.3) is 0 Å². The van der Waals surface area contributed by atoms with Gasteiger partial charge in [-0.15, -0.1) is 0 Å². The SMILES string of the molecule is O=C1C[C@@H](c2ccccc2)c2ccc(Cl)cc21.O=C1C[C@H](c2ccccc2)c2ccc(Cl)cc21. The average Bonchev–Trinajstić information content (AvgIpc) is 3.37. The molecule has 0 aliphatic heterocycles. The Morgan fingerprint density at radius 2 is 0.912 bits per heavy atom. The van der Waals surface area contributed by atoms with E-state index in [0.29, 0.717) is 22.9 Å². The molecule has 2 aliphatic carbocycles. The number of carbonyl (C=O) groups is 2. The third kappa shape index (κ3) is 4.44. The first kappa shape index (κ1) is 22.6. The molecular formula is C30H22Cl2O2. The number of Topliss-reactive ketones (excluding diaryl/α,β-unsaturated/α-hetero) is 2. The largest absolute Gasteiger partial charge is 0.294 e. The Morgan fingerprint density at radius 3 is 1.29 bits per heavy atom. The molecule has 4 aromatic rings. The fourth-order valence-electron chi connectivity index (χ4n) is 4.92. The van der Waals surface area contributed by atoms with Crippen LogP contribution in [0.3, 0.4) is 0 Å². The summed E-state index contributed by atoms with van der Waals surface area (Å²) in [7, 11) is 0. The van der Waals surface area contributed by atoms with Crippen molar-refractivity contribution in [3.8, 4) is 0 Å². The highest BCUT2D eigenvalue weighted by Crippen LogP contribution is 2.40. The lowest BCUT2D eigenvalue weighted by Gasteiger charge is -2.10. The zero-order valence-electron chi connectivity index (χ0n) is 18.4. The number of hydrogen-bond acceptors (Lipinski definition) is 2. The molecule has 0 heterocycles. The van der Waals surface area contributed by atoms with Gasteiger partial charge in [-0.2, -0.15) is 0 Å². The van der Waals surface area contributed by atoms with Crippen LogP contribution >= 0.6 is 23.2 Å². The van der Waals surface area contributed by atoms with Crippen LogP contribution in [-0.4, -0.2) is 11.6 Å². The second-order valence-electron chi connectivity index (χ2n) is 8.64. The van der Waals surface area contributed by atoms with Gasteiger partial charge in [0.2, 0.25) is 0 Å². The predicted octanol–water partition coefficient (Wildman–Crippen LogP) is 8.12. The Kier molecular flexibility index (Phi) is 6.36. The molecule has 0 N–H and O–H groups in total. The van der Waals surface area contributed by atoms with Crippen LogP contribution in [0.5, 0.6) is 0 Å². The van der Waals surface area contributed by atoms with Crippen LogP contribution in [0.4, 0.5) is 0 Å². The van der Waals surface area contributed by atoms with Crippen LogP contribution in [0.15, 0.2) is 97.1 Å². The number of ketones is 2. The van der Waals surface area contributed by atoms with E-state index in [9.17, 15) is 9.59 Å². The van der Waals surface area contributed by atoms with Gasteiger partial charge >= 0.3 is 0 Å². The highest BCUT2D eigenvalue weighted by atomic mass is 35.5. The maximum Gasteiger partial charge on any atom is 0.164 e. The van der Waals surface area contributed by atoms with Gasteiger partial charge in [0.25, 0.3) is 0 Å². The van der Waals surface area contributed by atoms with Crippen LogP contribution in [-0.2, 0) is 0 Å². The van der Waals surface area contributed by atoms with Gasteiger partial charge in [-0.1, -0.05) is 96.0 Å². The van der Waals surface area contributed by atoms with Crippen molar-refractivity contribution >= 4 is 34.8 Å². The quantitative estimate of drug-likeness (QED) is 0.287. The van der Waals surface area contributed by atoms with Crippen molar-refractivity contribution < 1.29 is 9.59 Å². The van der Waals surface area contributed by atoms with Gasteiger partial charge in [0.05, 0.1) is 0 Å². The van der Waals surface area contributed by atoms with Gasteiger partial charge < -0.3 is 0 Å². The monoisotopic (exact) mass is 484 g/mol. The molecule has 0 bridgehead atoms. The van der Waals surface area contributed by atoms with Crippen molar-refractivity contribution in [1.82, 2.24) is 0 Å². The van der Waals surface area contributed by atoms with Crippen molar-refractivity contribution in [2.45, 2.75) is 24.7 Å². The van der Waals surface area contributed by atoms with E-state index >= 15 is 0 Å². The van der Waals surface area contributed by atoms with Crippen molar-refractivity contribution in [3.05, 3.63) is 140 Å². The molecule has 168 valence electrons. The molecule has 2 atom stereocenters. The Labute approximate surface area is 209 Å². The Bertz CT molecular complexity index is 1260. The summed E-state index contributed by atoms with van der Waals surface area (Å²) >= 11 is 11.9. The molecule has 2 nitrogen and oxygen atoms in total. The number of benzene rings is 4. The second kappa shape index (κ2) is 9.58. The van der Waals surface area contributed by atoms with Crippen LogP contribution in [0.2, 0.25) is 10.0 Å². The van der Waals surface area contributed by atoms with Gasteiger partial charge in [0, 0.05) is 45.8 Å². The zero-order valence-corrected chi connectivity index (χ0v) is 19.9. The summed E-state index contributed by atoms with van der Waals surface area (Å²) in [6.45, 7) is 0. The predicted molar refractivity (Wildman–Crippen MR) is 137 cm³/mol. The average molecular weight is 485 g/mol. The maximum absolute atomic E-state index is 11.9. The Balaban J connectivity index is 0.000000142. The van der Waals surface area contributed by atoms with Gasteiger partial charge in [-0.25, -0.2) is 0 Å². The minimum Gasteiger partial charge on any atom is -0.294 e. The fourth-order valence-corrected chi connectivity index (χ4v) is 5.27. The molecular weight excluding hydrogens is 463 g/mol. The minimum atomic E-state index is 0.191. The lowest BCUT2D eigenvalue weighted by molar-refractivity contribution is 0.0983. The molecule has 0 saturated heterocycles. The third-order valence-electron chi connectivity index (χ3n) is 6.57. The number of hydrogen-bond donors (Lipinski definition) is 0. The summed E-state index contributed by atoms with van der Waals surface area (Å²) < 4.78 is 0. The number of halogens is 2. The third-order valence-corrected chi connectivity index (χ3v) is 7.04. The minimum absolute atomic E-state index is 0.191. The summed E-state index contributed by atoms with van der Waals surface area (Å²) in [6.07, 6.45) is 1.11. The summed E-state index contributed by atoms with van der Waals surface area (Å²) in [6, 6.07) is 31.5. The summed E-state index contributed by atoms with van der Waals surface area (Å²) in [5, 5.41) is 1.26. The topological polar surface area (TPSA) is 34.1 Å². The Hall–Kier alpha value is -3.20. The molecule has 6 rings (SSSR count). The summed E-state index contributed by atoms with van der Waals surface area (Å²) in [4.78, 5) is 23.9. The lowest BCUT2D eigenvalue weighted by atomic mass is 9.93. The van der Waals surface area contributed by atoms with E-state index in [4.69, 9.17) is 23.2 Å². The number of fused-ring (bicyclic) bond motifs is 2. The molecule has 0 fully saturated rings. The molecule has 4 aromatic carbocycles. The van der Waals surface area contributed by atoms with Crippen molar-refractivity contribution in [2.24, 2.45) is 0 Å². The summed E-state index contributed by atoms with van der Waals surface area (Å²) in [5.74, 6) is 0.764. The highest BCUT2D eigenvalue weighted by Gasteiger charge is 2.31. The maximum atomic E-state index is 11.9. The van der Waals surface area contributed by atoms with Gasteiger partial charge in [-0.3, -0.25) is 9.59 Å². The first-order chi connectivity index (χ1) is 16.5. The standard InChI is InChI=1S/2C15H11ClO/c2*16-11-6-7-12-13(9-15(17)14(12)8-11)10-4-2-1-3-5-10/h2*1-8,13H,9H2/t2*13-/m10/s1. The van der Waals surface area contributed by atoms with Gasteiger partial charge in [0.1, 0.15) is 0 Å². The van der Waals surface area contributed by atoms with E-state index in [0.717, 1.165) is 22.3 Å². The summed E-state index contributed by atoms with van der Waals surface area (Å²) in [5.41, 5.74) is 6.16. The molecule has 0 amide bonds. The molecule has 2 aliphatic rings. The van der Waals surface area contributed by atoms with E-state index in [2.05, 4.69) is 24.3 Å². The van der Waals surface area contributed by atoms with Gasteiger partial charge in [-0.05, 0) is 46.5 Å². The van der Waals surface area contributed by atoms with E-state index in [1.165, 1.54) is 11.1 Å². The smallest absolute Gasteiger partial charge is 0.164 e. The van der Waals surface area contributed by atoms with E-state index in [-0.39, 0.29) is 23.4 Å². The molecule has 0 radical (unpaired) electrons. The molecule has 4 heteroatoms. The van der Waals surface area contributed by atoms with Crippen LogP contribution in [0.1, 0.15) is 67.6 Å². The van der Waals surface area contributed by atoms with E-state index < -0.39 is 0 Å². The lowest BCUT2D eigenvalue weighted by Crippen LogP contribution is -1.95. The fraction of sp³-hybridized carbons (Fsp3) is 0.133. The molecule has 0 aromatic heterocycles.